The van der Waals surface area contributed by atoms with Gasteiger partial charge in [-0.25, -0.2) is 0 Å². The fraction of sp³-hybridized carbons (Fsp3) is 0.926. The third kappa shape index (κ3) is 2.67. The number of hydrogen-bond donors (Lipinski definition) is 0. The van der Waals surface area contributed by atoms with Crippen LogP contribution < -0.4 is 0 Å². The molecule has 0 amide bonds. The molecule has 5 fully saturated rings. The molecule has 6 aliphatic carbocycles. The molecule has 11 unspecified atom stereocenters. The van der Waals surface area contributed by atoms with Gasteiger partial charge >= 0.3 is 0 Å². The second-order valence-corrected chi connectivity index (χ2v) is 12.2. The summed E-state index contributed by atoms with van der Waals surface area (Å²) in [6.07, 6.45) is 22.6. The summed E-state index contributed by atoms with van der Waals surface area (Å²) in [5.41, 5.74) is 0. The molecule has 27 heavy (non-hydrogen) atoms. The Labute approximate surface area is 168 Å². The molecule has 150 valence electrons. The van der Waals surface area contributed by atoms with E-state index in [1.807, 2.05) is 0 Å². The monoisotopic (exact) mass is 366 g/mol. The lowest BCUT2D eigenvalue weighted by atomic mass is 9.59. The van der Waals surface area contributed by atoms with E-state index >= 15 is 0 Å². The molecule has 0 radical (unpaired) electrons. The Hall–Kier alpha value is -0.260. The van der Waals surface area contributed by atoms with Crippen molar-refractivity contribution < 1.29 is 0 Å². The highest BCUT2D eigenvalue weighted by Gasteiger charge is 2.61. The van der Waals surface area contributed by atoms with E-state index in [9.17, 15) is 0 Å². The van der Waals surface area contributed by atoms with Gasteiger partial charge in [0.25, 0.3) is 0 Å². The molecule has 0 heterocycles. The van der Waals surface area contributed by atoms with Crippen molar-refractivity contribution in [2.75, 3.05) is 0 Å². The molecule has 0 aromatic carbocycles. The lowest BCUT2D eigenvalue weighted by Crippen LogP contribution is -2.38. The van der Waals surface area contributed by atoms with E-state index in [-0.39, 0.29) is 0 Å². The maximum atomic E-state index is 2.64. The molecule has 0 spiro atoms. The zero-order valence-corrected chi connectivity index (χ0v) is 17.9. The Morgan fingerprint density at radius 1 is 0.593 bits per heavy atom. The van der Waals surface area contributed by atoms with Crippen LogP contribution in [-0.4, -0.2) is 0 Å². The smallest absolute Gasteiger partial charge is 0.0194 e. The zero-order valence-electron chi connectivity index (χ0n) is 17.9. The van der Waals surface area contributed by atoms with Gasteiger partial charge in [-0.05, 0) is 110 Å². The molecule has 0 aromatic rings. The molecule has 0 N–H and O–H groups in total. The van der Waals surface area contributed by atoms with E-state index in [1.165, 1.54) is 19.3 Å². The number of fused-ring (bicyclic) bond motifs is 9. The highest BCUT2D eigenvalue weighted by molar-refractivity contribution is 5.21. The predicted octanol–water partition coefficient (Wildman–Crippen LogP) is 7.35. The van der Waals surface area contributed by atoms with Crippen LogP contribution in [0.4, 0.5) is 0 Å². The SMILES string of the molecule is CC(C)C1CCCCC1C1CCCC(C2CC3CC2C2C4C=CC(C4)C32)C1. The minimum absolute atomic E-state index is 0.916. The first kappa shape index (κ1) is 17.6. The largest absolute Gasteiger partial charge is 0.0848 e. The van der Waals surface area contributed by atoms with Gasteiger partial charge in [-0.1, -0.05) is 58.1 Å². The van der Waals surface area contributed by atoms with Crippen molar-refractivity contribution in [1.82, 2.24) is 0 Å². The van der Waals surface area contributed by atoms with Crippen molar-refractivity contribution in [1.29, 1.82) is 0 Å². The summed E-state index contributed by atoms with van der Waals surface area (Å²) in [5, 5.41) is 0. The van der Waals surface area contributed by atoms with Gasteiger partial charge in [0.1, 0.15) is 0 Å². The molecule has 0 heteroatoms. The number of hydrogen-bond acceptors (Lipinski definition) is 0. The van der Waals surface area contributed by atoms with E-state index < -0.39 is 0 Å². The maximum absolute atomic E-state index is 2.64. The first-order valence-corrected chi connectivity index (χ1v) is 12.9. The zero-order chi connectivity index (χ0) is 18.1. The Bertz CT molecular complexity index is 587. The topological polar surface area (TPSA) is 0 Å². The van der Waals surface area contributed by atoms with E-state index in [2.05, 4.69) is 26.0 Å². The second kappa shape index (κ2) is 6.63. The summed E-state index contributed by atoms with van der Waals surface area (Å²) in [4.78, 5) is 0. The minimum atomic E-state index is 0.916. The minimum Gasteiger partial charge on any atom is -0.0848 e. The number of rotatable bonds is 3. The van der Waals surface area contributed by atoms with Crippen LogP contribution >= 0.6 is 0 Å². The van der Waals surface area contributed by atoms with Crippen LogP contribution in [0, 0.1) is 71.0 Å². The van der Waals surface area contributed by atoms with Gasteiger partial charge in [0.05, 0.1) is 0 Å². The van der Waals surface area contributed by atoms with Crippen LogP contribution in [0.15, 0.2) is 12.2 Å². The van der Waals surface area contributed by atoms with Crippen LogP contribution in [0.25, 0.3) is 0 Å². The van der Waals surface area contributed by atoms with Gasteiger partial charge in [-0.3, -0.25) is 0 Å². The van der Waals surface area contributed by atoms with E-state index in [0.29, 0.717) is 0 Å². The van der Waals surface area contributed by atoms with Gasteiger partial charge in [-0.15, -0.1) is 0 Å². The Morgan fingerprint density at radius 2 is 1.30 bits per heavy atom. The quantitative estimate of drug-likeness (QED) is 0.362. The van der Waals surface area contributed by atoms with E-state index in [0.717, 1.165) is 71.0 Å². The Morgan fingerprint density at radius 3 is 2.11 bits per heavy atom. The Kier molecular flexibility index (Phi) is 4.32. The van der Waals surface area contributed by atoms with Crippen LogP contribution in [0.3, 0.4) is 0 Å². The van der Waals surface area contributed by atoms with Gasteiger partial charge in [-0.2, -0.15) is 0 Å². The lowest BCUT2D eigenvalue weighted by Gasteiger charge is -2.46. The molecule has 0 aliphatic heterocycles. The summed E-state index contributed by atoms with van der Waals surface area (Å²) in [7, 11) is 0. The third-order valence-corrected chi connectivity index (χ3v) is 11.0. The fourth-order valence-electron chi connectivity index (χ4n) is 10.3. The molecule has 4 bridgehead atoms. The molecule has 6 aliphatic rings. The highest BCUT2D eigenvalue weighted by Crippen LogP contribution is 2.68. The van der Waals surface area contributed by atoms with Crippen LogP contribution in [0.1, 0.15) is 84.5 Å². The summed E-state index contributed by atoms with van der Waals surface area (Å²) in [5.74, 6) is 12.9. The van der Waals surface area contributed by atoms with Gasteiger partial charge in [0, 0.05) is 0 Å². The van der Waals surface area contributed by atoms with Crippen LogP contribution in [0.5, 0.6) is 0 Å². The van der Waals surface area contributed by atoms with Gasteiger partial charge in [0.2, 0.25) is 0 Å². The normalized spacial score (nSPS) is 56.2. The van der Waals surface area contributed by atoms with Crippen molar-refractivity contribution in [3.63, 3.8) is 0 Å². The van der Waals surface area contributed by atoms with Crippen molar-refractivity contribution >= 4 is 0 Å². The second-order valence-electron chi connectivity index (χ2n) is 12.2. The van der Waals surface area contributed by atoms with Crippen molar-refractivity contribution in [2.45, 2.75) is 84.5 Å². The van der Waals surface area contributed by atoms with Crippen molar-refractivity contribution in [3.8, 4) is 0 Å². The molecule has 6 rings (SSSR count). The molecule has 11 atom stereocenters. The summed E-state index contributed by atoms with van der Waals surface area (Å²) >= 11 is 0. The predicted molar refractivity (Wildman–Crippen MR) is 113 cm³/mol. The van der Waals surface area contributed by atoms with Crippen LogP contribution in [0.2, 0.25) is 0 Å². The number of allylic oxidation sites excluding steroid dienone is 2. The van der Waals surface area contributed by atoms with Crippen LogP contribution in [-0.2, 0) is 0 Å². The standard InChI is InChI=1S/C27H42/c1-16(2)22-8-3-4-9-23(22)17-6-5-7-18(12-17)24-14-21-15-25(24)27-20-11-10-19(13-20)26(21)27/h10-11,16-27H,3-9,12-15H2,1-2H3. The van der Waals surface area contributed by atoms with Gasteiger partial charge < -0.3 is 0 Å². The molecular weight excluding hydrogens is 324 g/mol. The van der Waals surface area contributed by atoms with Crippen molar-refractivity contribution in [2.24, 2.45) is 71.0 Å². The van der Waals surface area contributed by atoms with Crippen molar-refractivity contribution in [3.05, 3.63) is 12.2 Å². The highest BCUT2D eigenvalue weighted by atomic mass is 14.7. The fourth-order valence-corrected chi connectivity index (χ4v) is 10.3. The summed E-state index contributed by atoms with van der Waals surface area (Å²) in [6.45, 7) is 5.03. The molecule has 0 nitrogen and oxygen atoms in total. The molecule has 0 aromatic heterocycles. The van der Waals surface area contributed by atoms with E-state index in [4.69, 9.17) is 0 Å². The Balaban J connectivity index is 1.17. The first-order valence-electron chi connectivity index (χ1n) is 12.9. The molecule has 5 saturated carbocycles. The summed E-state index contributed by atoms with van der Waals surface area (Å²) < 4.78 is 0. The first-order chi connectivity index (χ1) is 13.2. The molecular formula is C27H42. The lowest BCUT2D eigenvalue weighted by molar-refractivity contribution is 0.0376. The maximum Gasteiger partial charge on any atom is -0.0194 e. The molecule has 0 saturated heterocycles. The third-order valence-electron chi connectivity index (χ3n) is 11.0. The summed E-state index contributed by atoms with van der Waals surface area (Å²) in [6, 6.07) is 0. The average Bonchev–Trinajstić information content (AvgIpc) is 3.47. The van der Waals surface area contributed by atoms with Gasteiger partial charge in [0.15, 0.2) is 0 Å². The van der Waals surface area contributed by atoms with E-state index in [1.54, 1.807) is 51.4 Å². The average molecular weight is 367 g/mol.